The molecule has 0 bridgehead atoms. The zero-order valence-electron chi connectivity index (χ0n) is 20.7. The van der Waals surface area contributed by atoms with E-state index in [1.807, 2.05) is 81.6 Å². The van der Waals surface area contributed by atoms with Crippen LogP contribution >= 0.6 is 23.2 Å². The van der Waals surface area contributed by atoms with Crippen molar-refractivity contribution < 1.29 is 4.79 Å². The summed E-state index contributed by atoms with van der Waals surface area (Å²) < 4.78 is 0. The van der Waals surface area contributed by atoms with Crippen molar-refractivity contribution in [3.63, 3.8) is 0 Å². The molecule has 0 unspecified atom stereocenters. The highest BCUT2D eigenvalue weighted by molar-refractivity contribution is 6.32. The Bertz CT molecular complexity index is 1370. The van der Waals surface area contributed by atoms with Crippen molar-refractivity contribution >= 4 is 62.8 Å². The summed E-state index contributed by atoms with van der Waals surface area (Å²) in [5, 5.41) is 9.60. The molecule has 4 N–H and O–H groups in total. The Morgan fingerprint density at radius 2 is 1.58 bits per heavy atom. The van der Waals surface area contributed by atoms with Gasteiger partial charge in [-0.1, -0.05) is 73.4 Å². The molecule has 0 radical (unpaired) electrons. The Morgan fingerprint density at radius 3 is 2.22 bits per heavy atom. The van der Waals surface area contributed by atoms with Gasteiger partial charge in [-0.2, -0.15) is 0 Å². The second-order valence-electron chi connectivity index (χ2n) is 8.56. The largest absolute Gasteiger partial charge is 0.398 e. The first kappa shape index (κ1) is 25.7. The Balaban J connectivity index is 1.85. The molecule has 36 heavy (non-hydrogen) atoms. The number of nitrogens with one attached hydrogen (secondary N) is 2. The molecule has 0 saturated carbocycles. The first-order chi connectivity index (χ1) is 17.4. The van der Waals surface area contributed by atoms with E-state index in [0.717, 1.165) is 38.8 Å². The predicted molar refractivity (Wildman–Crippen MR) is 155 cm³/mol. The molecular weight excluding hydrogens is 491 g/mol. The van der Waals surface area contributed by atoms with E-state index in [1.54, 1.807) is 11.0 Å². The number of fused-ring (bicyclic) bond motifs is 1. The monoisotopic (exact) mass is 520 g/mol. The number of nitrogens with two attached hydrogens (primary N) is 1. The third-order valence-corrected chi connectivity index (χ3v) is 7.01. The number of hydrogen-bond acceptors (Lipinski definition) is 3. The smallest absolute Gasteiger partial charge is 0.326 e. The van der Waals surface area contributed by atoms with Gasteiger partial charge in [0.05, 0.1) is 17.9 Å². The number of carbonyl (C=O) groups excluding carboxylic acids is 1. The Kier molecular flexibility index (Phi) is 7.92. The molecule has 4 aromatic rings. The fourth-order valence-electron chi connectivity index (χ4n) is 4.58. The number of anilines is 4. The number of carbonyl (C=O) groups is 1. The molecule has 0 spiro atoms. The first-order valence-electron chi connectivity index (χ1n) is 12.0. The highest BCUT2D eigenvalue weighted by atomic mass is 35.5. The number of amides is 2. The van der Waals surface area contributed by atoms with Gasteiger partial charge in [0.15, 0.2) is 0 Å². The van der Waals surface area contributed by atoms with Crippen LogP contribution in [0.3, 0.4) is 0 Å². The van der Waals surface area contributed by atoms with Gasteiger partial charge in [-0.25, -0.2) is 4.79 Å². The second kappa shape index (κ2) is 11.1. The summed E-state index contributed by atoms with van der Waals surface area (Å²) in [7, 11) is 1.89. The molecule has 0 aromatic heterocycles. The summed E-state index contributed by atoms with van der Waals surface area (Å²) in [4.78, 5) is 15.8. The molecule has 4 rings (SSSR count). The maximum atomic E-state index is 14.0. The SMILES string of the molecule is CCc1c(N)cc(Cl)c(CC)c1NC(=O)N(Cc1ccc(Cl)cc1)c1ccc(NC)c2ccccc12. The summed E-state index contributed by atoms with van der Waals surface area (Å²) >= 11 is 12.7. The quantitative estimate of drug-likeness (QED) is 0.215. The minimum absolute atomic E-state index is 0.265. The topological polar surface area (TPSA) is 70.4 Å². The molecule has 0 saturated heterocycles. The van der Waals surface area contributed by atoms with Gasteiger partial charge in [-0.05, 0) is 59.9 Å². The lowest BCUT2D eigenvalue weighted by Crippen LogP contribution is -2.35. The van der Waals surface area contributed by atoms with E-state index in [1.165, 1.54) is 0 Å². The van der Waals surface area contributed by atoms with Crippen LogP contribution in [0.2, 0.25) is 10.0 Å². The number of rotatable bonds is 7. The van der Waals surface area contributed by atoms with E-state index < -0.39 is 0 Å². The minimum atomic E-state index is -0.265. The van der Waals surface area contributed by atoms with E-state index in [-0.39, 0.29) is 6.03 Å². The van der Waals surface area contributed by atoms with Crippen molar-refractivity contribution in [3.05, 3.63) is 93.5 Å². The van der Waals surface area contributed by atoms with Gasteiger partial charge in [-0.15, -0.1) is 0 Å². The Labute approximate surface area is 222 Å². The summed E-state index contributed by atoms with van der Waals surface area (Å²) in [5.41, 5.74) is 12.0. The summed E-state index contributed by atoms with van der Waals surface area (Å²) in [6, 6.07) is 21.0. The van der Waals surface area contributed by atoms with Crippen molar-refractivity contribution in [3.8, 4) is 0 Å². The van der Waals surface area contributed by atoms with Crippen LogP contribution in [0.1, 0.15) is 30.5 Å². The molecule has 5 nitrogen and oxygen atoms in total. The van der Waals surface area contributed by atoms with E-state index in [2.05, 4.69) is 10.6 Å². The molecular formula is C29H30Cl2N4O. The predicted octanol–water partition coefficient (Wildman–Crippen LogP) is 8.13. The molecule has 0 fully saturated rings. The van der Waals surface area contributed by atoms with Gasteiger partial charge in [0, 0.05) is 39.2 Å². The van der Waals surface area contributed by atoms with E-state index in [4.69, 9.17) is 28.9 Å². The van der Waals surface area contributed by atoms with Crippen molar-refractivity contribution in [1.29, 1.82) is 0 Å². The molecule has 2 amide bonds. The third kappa shape index (κ3) is 5.08. The van der Waals surface area contributed by atoms with E-state index >= 15 is 0 Å². The number of benzene rings is 4. The lowest BCUT2D eigenvalue weighted by atomic mass is 10.0. The fraction of sp³-hybridized carbons (Fsp3) is 0.207. The highest BCUT2D eigenvalue weighted by Crippen LogP contribution is 2.36. The second-order valence-corrected chi connectivity index (χ2v) is 9.40. The van der Waals surface area contributed by atoms with Crippen LogP contribution in [0.4, 0.5) is 27.5 Å². The van der Waals surface area contributed by atoms with Crippen molar-refractivity contribution in [1.82, 2.24) is 0 Å². The van der Waals surface area contributed by atoms with Crippen LogP contribution in [-0.4, -0.2) is 13.1 Å². The van der Waals surface area contributed by atoms with Gasteiger partial charge >= 0.3 is 6.03 Å². The fourth-order valence-corrected chi connectivity index (χ4v) is 5.06. The number of urea groups is 1. The zero-order chi connectivity index (χ0) is 25.8. The Morgan fingerprint density at radius 1 is 0.917 bits per heavy atom. The van der Waals surface area contributed by atoms with Gasteiger partial charge in [0.25, 0.3) is 0 Å². The molecule has 0 heterocycles. The molecule has 0 aliphatic rings. The maximum absolute atomic E-state index is 14.0. The van der Waals surface area contributed by atoms with E-state index in [9.17, 15) is 4.79 Å². The van der Waals surface area contributed by atoms with Gasteiger partial charge in [0.1, 0.15) is 0 Å². The lowest BCUT2D eigenvalue weighted by Gasteiger charge is -2.27. The zero-order valence-corrected chi connectivity index (χ0v) is 22.2. The minimum Gasteiger partial charge on any atom is -0.398 e. The average molecular weight is 521 g/mol. The number of hydrogen-bond donors (Lipinski definition) is 3. The molecule has 186 valence electrons. The normalized spacial score (nSPS) is 10.9. The number of nitrogens with zero attached hydrogens (tertiary/aromatic N) is 1. The molecule has 0 atom stereocenters. The summed E-state index contributed by atoms with van der Waals surface area (Å²) in [6.07, 6.45) is 1.33. The maximum Gasteiger partial charge on any atom is 0.326 e. The van der Waals surface area contributed by atoms with Crippen molar-refractivity contribution in [2.24, 2.45) is 0 Å². The standard InChI is InChI=1S/C29H30Cl2N4O/c1-4-20-24(31)16-25(32)21(5-2)28(20)34-29(36)35(17-18-10-12-19(30)13-11-18)27-15-14-26(33-3)22-8-6-7-9-23(22)27/h6-16,33H,4-5,17,32H2,1-3H3,(H,34,36). The lowest BCUT2D eigenvalue weighted by molar-refractivity contribution is 0.256. The third-order valence-electron chi connectivity index (χ3n) is 6.42. The molecule has 7 heteroatoms. The van der Waals surface area contributed by atoms with Gasteiger partial charge in [-0.3, -0.25) is 4.90 Å². The molecule has 0 aliphatic carbocycles. The van der Waals surface area contributed by atoms with Crippen molar-refractivity contribution in [2.75, 3.05) is 28.3 Å². The molecule has 4 aromatic carbocycles. The Hall–Kier alpha value is -3.41. The number of halogens is 2. The summed E-state index contributed by atoms with van der Waals surface area (Å²) in [5.74, 6) is 0. The van der Waals surface area contributed by atoms with Crippen LogP contribution in [0.5, 0.6) is 0 Å². The van der Waals surface area contributed by atoms with Crippen LogP contribution in [-0.2, 0) is 19.4 Å². The van der Waals surface area contributed by atoms with E-state index in [0.29, 0.717) is 40.8 Å². The average Bonchev–Trinajstić information content (AvgIpc) is 2.88. The van der Waals surface area contributed by atoms with Crippen LogP contribution in [0.25, 0.3) is 10.8 Å². The highest BCUT2D eigenvalue weighted by Gasteiger charge is 2.23. The van der Waals surface area contributed by atoms with Crippen LogP contribution in [0.15, 0.2) is 66.7 Å². The van der Waals surface area contributed by atoms with Crippen LogP contribution in [0, 0.1) is 0 Å². The van der Waals surface area contributed by atoms with Crippen molar-refractivity contribution in [2.45, 2.75) is 33.2 Å². The van der Waals surface area contributed by atoms with Gasteiger partial charge in [0.2, 0.25) is 0 Å². The van der Waals surface area contributed by atoms with Gasteiger partial charge < -0.3 is 16.4 Å². The van der Waals surface area contributed by atoms with Crippen LogP contribution < -0.4 is 21.3 Å². The molecule has 0 aliphatic heterocycles. The number of nitrogen functional groups attached to an aromatic ring is 1. The first-order valence-corrected chi connectivity index (χ1v) is 12.8. The summed E-state index contributed by atoms with van der Waals surface area (Å²) in [6.45, 7) is 4.39.